The average molecular weight is 282 g/mol. The van der Waals surface area contributed by atoms with Gasteiger partial charge in [0.2, 0.25) is 0 Å². The smallest absolute Gasteiger partial charge is 0.280 e. The third kappa shape index (κ3) is 1.94. The van der Waals surface area contributed by atoms with Gasteiger partial charge in [0.15, 0.2) is 0 Å². The van der Waals surface area contributed by atoms with Gasteiger partial charge in [0.05, 0.1) is 11.1 Å². The number of pyridine rings is 1. The van der Waals surface area contributed by atoms with Crippen LogP contribution in [0.15, 0.2) is 48.8 Å². The van der Waals surface area contributed by atoms with Gasteiger partial charge >= 0.3 is 0 Å². The van der Waals surface area contributed by atoms with Gasteiger partial charge in [-0.1, -0.05) is 23.7 Å². The van der Waals surface area contributed by atoms with E-state index in [2.05, 4.69) is 11.1 Å². The van der Waals surface area contributed by atoms with Gasteiger partial charge in [-0.2, -0.15) is 5.26 Å². The predicted octanol–water partition coefficient (Wildman–Crippen LogP) is 3.25. The van der Waals surface area contributed by atoms with E-state index in [4.69, 9.17) is 16.9 Å². The van der Waals surface area contributed by atoms with Crippen LogP contribution >= 0.6 is 11.6 Å². The molecule has 4 nitrogen and oxygen atoms in total. The lowest BCUT2D eigenvalue weighted by atomic mass is 10.2. The first-order chi connectivity index (χ1) is 9.70. The zero-order valence-electron chi connectivity index (χ0n) is 10.2. The van der Waals surface area contributed by atoms with Crippen LogP contribution in [0, 0.1) is 11.3 Å². The Hall–Kier alpha value is -2.64. The van der Waals surface area contributed by atoms with E-state index < -0.39 is 0 Å². The maximum Gasteiger partial charge on any atom is 0.280 e. The van der Waals surface area contributed by atoms with Gasteiger partial charge < -0.3 is 0 Å². The van der Waals surface area contributed by atoms with Crippen LogP contribution in [-0.4, -0.2) is 15.5 Å². The Labute approximate surface area is 119 Å². The van der Waals surface area contributed by atoms with Crippen LogP contribution in [0.4, 0.5) is 0 Å². The maximum atomic E-state index is 12.4. The standard InChI is InChI=1S/C15H8ClN3O/c16-11-4-5-12-10(8-17)9-19(14(12)7-11)15(20)13-3-1-2-6-18-13/h1-7,9H. The lowest BCUT2D eigenvalue weighted by Crippen LogP contribution is -2.12. The van der Waals surface area contributed by atoms with E-state index in [0.717, 1.165) is 0 Å². The molecule has 0 saturated carbocycles. The molecule has 1 aromatic carbocycles. The number of fused-ring (bicyclic) bond motifs is 1. The lowest BCUT2D eigenvalue weighted by Gasteiger charge is -2.03. The van der Waals surface area contributed by atoms with Crippen molar-refractivity contribution < 1.29 is 4.79 Å². The molecule has 2 heterocycles. The topological polar surface area (TPSA) is 58.7 Å². The first kappa shape index (κ1) is 12.4. The van der Waals surface area contributed by atoms with E-state index >= 15 is 0 Å². The highest BCUT2D eigenvalue weighted by atomic mass is 35.5. The van der Waals surface area contributed by atoms with Crippen LogP contribution in [0.25, 0.3) is 10.9 Å². The van der Waals surface area contributed by atoms with Crippen molar-refractivity contribution in [3.8, 4) is 6.07 Å². The number of halogens is 1. The number of nitriles is 1. The van der Waals surface area contributed by atoms with Crippen LogP contribution < -0.4 is 0 Å². The Morgan fingerprint density at radius 2 is 2.15 bits per heavy atom. The number of nitrogens with zero attached hydrogens (tertiary/aromatic N) is 3. The fourth-order valence-corrected chi connectivity index (χ4v) is 2.24. The number of hydrogen-bond acceptors (Lipinski definition) is 3. The van der Waals surface area contributed by atoms with Gasteiger partial charge in [-0.3, -0.25) is 14.3 Å². The van der Waals surface area contributed by atoms with Crippen molar-refractivity contribution in [1.82, 2.24) is 9.55 Å². The molecule has 0 bridgehead atoms. The number of hydrogen-bond donors (Lipinski definition) is 0. The van der Waals surface area contributed by atoms with Crippen molar-refractivity contribution in [2.45, 2.75) is 0 Å². The quantitative estimate of drug-likeness (QED) is 0.688. The minimum Gasteiger partial charge on any atom is -0.280 e. The summed E-state index contributed by atoms with van der Waals surface area (Å²) in [5.74, 6) is -0.292. The molecule has 0 radical (unpaired) electrons. The first-order valence-electron chi connectivity index (χ1n) is 5.87. The molecule has 0 aliphatic rings. The van der Waals surface area contributed by atoms with Crippen LogP contribution in [0.1, 0.15) is 16.1 Å². The van der Waals surface area contributed by atoms with E-state index in [-0.39, 0.29) is 5.91 Å². The molecule has 0 aliphatic carbocycles. The molecule has 3 aromatic rings. The molecule has 0 fully saturated rings. The Balaban J connectivity index is 2.24. The summed E-state index contributed by atoms with van der Waals surface area (Å²) in [7, 11) is 0. The maximum absolute atomic E-state index is 12.4. The molecule has 3 rings (SSSR count). The number of carbonyl (C=O) groups excluding carboxylic acids is 1. The van der Waals surface area contributed by atoms with Crippen molar-refractivity contribution in [2.75, 3.05) is 0 Å². The molecule has 0 amide bonds. The molecular formula is C15H8ClN3O. The highest BCUT2D eigenvalue weighted by Gasteiger charge is 2.16. The largest absolute Gasteiger partial charge is 0.280 e. The van der Waals surface area contributed by atoms with Gasteiger partial charge in [-0.15, -0.1) is 0 Å². The van der Waals surface area contributed by atoms with Crippen LogP contribution in [-0.2, 0) is 0 Å². The molecule has 0 aliphatic heterocycles. The predicted molar refractivity (Wildman–Crippen MR) is 75.6 cm³/mol. The number of aromatic nitrogens is 2. The summed E-state index contributed by atoms with van der Waals surface area (Å²) in [5, 5.41) is 10.4. The SMILES string of the molecule is N#Cc1cn(C(=O)c2ccccn2)c2cc(Cl)ccc12. The molecule has 20 heavy (non-hydrogen) atoms. The Morgan fingerprint density at radius 1 is 1.30 bits per heavy atom. The second-order valence-corrected chi connectivity index (χ2v) is 4.64. The summed E-state index contributed by atoms with van der Waals surface area (Å²) in [5.41, 5.74) is 1.35. The van der Waals surface area contributed by atoms with Gasteiger partial charge in [0.25, 0.3) is 5.91 Å². The summed E-state index contributed by atoms with van der Waals surface area (Å²) < 4.78 is 1.40. The molecule has 0 unspecified atom stereocenters. The molecule has 0 atom stereocenters. The summed E-state index contributed by atoms with van der Waals surface area (Å²) in [6.45, 7) is 0. The van der Waals surface area contributed by atoms with E-state index in [9.17, 15) is 4.79 Å². The minimum atomic E-state index is -0.292. The fourth-order valence-electron chi connectivity index (χ4n) is 2.07. The third-order valence-corrected chi connectivity index (χ3v) is 3.23. The fraction of sp³-hybridized carbons (Fsp3) is 0. The number of benzene rings is 1. The molecule has 2 aromatic heterocycles. The molecule has 0 spiro atoms. The Kier molecular flexibility index (Phi) is 2.97. The van der Waals surface area contributed by atoms with Gasteiger partial charge in [-0.25, -0.2) is 0 Å². The average Bonchev–Trinajstić information content (AvgIpc) is 2.85. The second-order valence-electron chi connectivity index (χ2n) is 4.21. The summed E-state index contributed by atoms with van der Waals surface area (Å²) in [6.07, 6.45) is 3.06. The normalized spacial score (nSPS) is 10.4. The van der Waals surface area contributed by atoms with Crippen LogP contribution in [0.3, 0.4) is 0 Å². The number of rotatable bonds is 1. The van der Waals surface area contributed by atoms with Crippen molar-refractivity contribution in [3.63, 3.8) is 0 Å². The zero-order chi connectivity index (χ0) is 14.1. The highest BCUT2D eigenvalue weighted by molar-refractivity contribution is 6.31. The lowest BCUT2D eigenvalue weighted by molar-refractivity contribution is 0.0960. The number of carbonyl (C=O) groups is 1. The molecule has 5 heteroatoms. The molecule has 96 valence electrons. The van der Waals surface area contributed by atoms with Crippen molar-refractivity contribution in [1.29, 1.82) is 5.26 Å². The van der Waals surface area contributed by atoms with Crippen LogP contribution in [0.2, 0.25) is 5.02 Å². The van der Waals surface area contributed by atoms with E-state index in [1.807, 2.05) is 0 Å². The van der Waals surface area contributed by atoms with Crippen molar-refractivity contribution in [3.05, 3.63) is 65.1 Å². The van der Waals surface area contributed by atoms with Gasteiger partial charge in [0, 0.05) is 22.8 Å². The molecular weight excluding hydrogens is 274 g/mol. The third-order valence-electron chi connectivity index (χ3n) is 2.99. The van der Waals surface area contributed by atoms with Gasteiger partial charge in [0.1, 0.15) is 11.8 Å². The summed E-state index contributed by atoms with van der Waals surface area (Å²) >= 11 is 5.97. The second kappa shape index (κ2) is 4.80. The summed E-state index contributed by atoms with van der Waals surface area (Å²) in [6, 6.07) is 12.3. The van der Waals surface area contributed by atoms with Crippen molar-refractivity contribution >= 4 is 28.4 Å². The van der Waals surface area contributed by atoms with Gasteiger partial charge in [-0.05, 0) is 24.3 Å². The van der Waals surface area contributed by atoms with E-state index in [1.54, 1.807) is 42.6 Å². The minimum absolute atomic E-state index is 0.292. The van der Waals surface area contributed by atoms with Crippen molar-refractivity contribution in [2.24, 2.45) is 0 Å². The molecule has 0 N–H and O–H groups in total. The monoisotopic (exact) mass is 281 g/mol. The zero-order valence-corrected chi connectivity index (χ0v) is 11.0. The Morgan fingerprint density at radius 3 is 2.85 bits per heavy atom. The Bertz CT molecular complexity index is 847. The first-order valence-corrected chi connectivity index (χ1v) is 6.25. The molecule has 0 saturated heterocycles. The van der Waals surface area contributed by atoms with E-state index in [0.29, 0.717) is 27.2 Å². The summed E-state index contributed by atoms with van der Waals surface area (Å²) in [4.78, 5) is 16.5. The highest BCUT2D eigenvalue weighted by Crippen LogP contribution is 2.25. The van der Waals surface area contributed by atoms with Crippen LogP contribution in [0.5, 0.6) is 0 Å². The van der Waals surface area contributed by atoms with E-state index in [1.165, 1.54) is 10.8 Å².